The summed E-state index contributed by atoms with van der Waals surface area (Å²) in [6, 6.07) is 4.44. The van der Waals surface area contributed by atoms with Gasteiger partial charge in [0.15, 0.2) is 0 Å². The Morgan fingerprint density at radius 3 is 2.75 bits per heavy atom. The zero-order valence-corrected chi connectivity index (χ0v) is 13.5. The molecular formula is C17H20FN3O3. The van der Waals surface area contributed by atoms with Gasteiger partial charge in [-0.3, -0.25) is 14.4 Å². The van der Waals surface area contributed by atoms with Gasteiger partial charge >= 0.3 is 0 Å². The molecule has 7 heteroatoms. The fraction of sp³-hybridized carbons (Fsp3) is 0.353. The standard InChI is InChI=1S/C17H20FN3O3/c1-3-15(22)19-6-7-20-17(24)12-9-16(23)21(10-12)13-4-5-14(18)11(2)8-13/h3-5,8,12H,1,6-7,9-10H2,2H3,(H,19,22)(H,20,24). The summed E-state index contributed by atoms with van der Waals surface area (Å²) in [6.07, 6.45) is 1.27. The van der Waals surface area contributed by atoms with E-state index in [1.165, 1.54) is 17.0 Å². The molecule has 1 aliphatic heterocycles. The monoisotopic (exact) mass is 333 g/mol. The van der Waals surface area contributed by atoms with Gasteiger partial charge in [-0.1, -0.05) is 6.58 Å². The molecule has 24 heavy (non-hydrogen) atoms. The number of amides is 3. The number of nitrogens with one attached hydrogen (secondary N) is 2. The molecule has 1 aromatic rings. The van der Waals surface area contributed by atoms with E-state index in [1.807, 2.05) is 0 Å². The first-order chi connectivity index (χ1) is 11.4. The molecule has 0 saturated carbocycles. The summed E-state index contributed by atoms with van der Waals surface area (Å²) < 4.78 is 13.3. The van der Waals surface area contributed by atoms with E-state index in [0.717, 1.165) is 6.08 Å². The molecule has 1 fully saturated rings. The lowest BCUT2D eigenvalue weighted by molar-refractivity contribution is -0.126. The molecule has 0 bridgehead atoms. The van der Waals surface area contributed by atoms with Crippen LogP contribution in [0.15, 0.2) is 30.9 Å². The van der Waals surface area contributed by atoms with E-state index < -0.39 is 5.92 Å². The summed E-state index contributed by atoms with van der Waals surface area (Å²) in [5.74, 6) is -1.50. The predicted molar refractivity (Wildman–Crippen MR) is 87.8 cm³/mol. The molecule has 0 aliphatic carbocycles. The Bertz CT molecular complexity index is 675. The number of anilines is 1. The Morgan fingerprint density at radius 1 is 1.38 bits per heavy atom. The maximum Gasteiger partial charge on any atom is 0.243 e. The second-order valence-electron chi connectivity index (χ2n) is 5.63. The lowest BCUT2D eigenvalue weighted by atomic mass is 10.1. The van der Waals surface area contributed by atoms with Crippen molar-refractivity contribution in [2.45, 2.75) is 13.3 Å². The lowest BCUT2D eigenvalue weighted by Crippen LogP contribution is -2.38. The molecule has 6 nitrogen and oxygen atoms in total. The van der Waals surface area contributed by atoms with Gasteiger partial charge in [0.25, 0.3) is 0 Å². The van der Waals surface area contributed by atoms with Crippen LogP contribution in [0, 0.1) is 18.7 Å². The molecule has 0 aromatic heterocycles. The van der Waals surface area contributed by atoms with Crippen molar-refractivity contribution < 1.29 is 18.8 Å². The Morgan fingerprint density at radius 2 is 2.08 bits per heavy atom. The summed E-state index contributed by atoms with van der Waals surface area (Å²) >= 11 is 0. The van der Waals surface area contributed by atoms with E-state index in [-0.39, 0.29) is 49.6 Å². The minimum atomic E-state index is -0.460. The largest absolute Gasteiger partial charge is 0.354 e. The van der Waals surface area contributed by atoms with Crippen molar-refractivity contribution in [2.24, 2.45) is 5.92 Å². The Kier molecular flexibility index (Phi) is 5.68. The average Bonchev–Trinajstić information content (AvgIpc) is 2.95. The van der Waals surface area contributed by atoms with E-state index >= 15 is 0 Å². The molecule has 2 N–H and O–H groups in total. The smallest absolute Gasteiger partial charge is 0.243 e. The third-order valence-corrected chi connectivity index (χ3v) is 3.86. The number of carbonyl (C=O) groups is 3. The zero-order valence-electron chi connectivity index (χ0n) is 13.5. The summed E-state index contributed by atoms with van der Waals surface area (Å²) in [5, 5.41) is 5.24. The SMILES string of the molecule is C=CC(=O)NCCNC(=O)C1CC(=O)N(c2ccc(F)c(C)c2)C1. The van der Waals surface area contributed by atoms with Crippen LogP contribution >= 0.6 is 0 Å². The molecule has 1 saturated heterocycles. The van der Waals surface area contributed by atoms with Crippen LogP contribution < -0.4 is 15.5 Å². The molecule has 1 aliphatic rings. The average molecular weight is 333 g/mol. The first-order valence-corrected chi connectivity index (χ1v) is 7.67. The molecule has 1 aromatic carbocycles. The molecule has 0 spiro atoms. The quantitative estimate of drug-likeness (QED) is 0.600. The second-order valence-corrected chi connectivity index (χ2v) is 5.63. The topological polar surface area (TPSA) is 78.5 Å². The van der Waals surface area contributed by atoms with Gasteiger partial charge in [-0.05, 0) is 36.8 Å². The Hall–Kier alpha value is -2.70. The molecule has 1 unspecified atom stereocenters. The van der Waals surface area contributed by atoms with E-state index in [0.29, 0.717) is 11.3 Å². The zero-order chi connectivity index (χ0) is 17.7. The van der Waals surface area contributed by atoms with Crippen molar-refractivity contribution in [3.63, 3.8) is 0 Å². The molecule has 1 atom stereocenters. The summed E-state index contributed by atoms with van der Waals surface area (Å²) in [6.45, 7) is 5.78. The molecule has 0 radical (unpaired) electrons. The first-order valence-electron chi connectivity index (χ1n) is 7.67. The van der Waals surface area contributed by atoms with Crippen molar-refractivity contribution in [1.29, 1.82) is 0 Å². The fourth-order valence-corrected chi connectivity index (χ4v) is 2.52. The van der Waals surface area contributed by atoms with E-state index in [1.54, 1.807) is 13.0 Å². The predicted octanol–water partition coefficient (Wildman–Crippen LogP) is 0.905. The minimum absolute atomic E-state index is 0.112. The first kappa shape index (κ1) is 17.7. The maximum absolute atomic E-state index is 13.3. The van der Waals surface area contributed by atoms with Crippen LogP contribution in [-0.2, 0) is 14.4 Å². The van der Waals surface area contributed by atoms with Crippen LogP contribution in [0.4, 0.5) is 10.1 Å². The van der Waals surface area contributed by atoms with E-state index in [9.17, 15) is 18.8 Å². The van der Waals surface area contributed by atoms with Gasteiger partial charge in [0.05, 0.1) is 5.92 Å². The number of nitrogens with zero attached hydrogens (tertiary/aromatic N) is 1. The van der Waals surface area contributed by atoms with Crippen molar-refractivity contribution in [3.8, 4) is 0 Å². The van der Waals surface area contributed by atoms with Gasteiger partial charge in [-0.15, -0.1) is 0 Å². The molecular weight excluding hydrogens is 313 g/mol. The van der Waals surface area contributed by atoms with E-state index in [2.05, 4.69) is 17.2 Å². The Labute approximate surface area is 139 Å². The third-order valence-electron chi connectivity index (χ3n) is 3.86. The van der Waals surface area contributed by atoms with Crippen LogP contribution in [0.5, 0.6) is 0 Å². The van der Waals surface area contributed by atoms with Crippen molar-refractivity contribution >= 4 is 23.4 Å². The van der Waals surface area contributed by atoms with Crippen molar-refractivity contribution in [1.82, 2.24) is 10.6 Å². The highest BCUT2D eigenvalue weighted by molar-refractivity contribution is 6.00. The summed E-state index contributed by atoms with van der Waals surface area (Å²) in [7, 11) is 0. The molecule has 2 rings (SSSR count). The van der Waals surface area contributed by atoms with Crippen LogP contribution in [-0.4, -0.2) is 37.4 Å². The van der Waals surface area contributed by atoms with E-state index in [4.69, 9.17) is 0 Å². The molecule has 3 amide bonds. The highest BCUT2D eigenvalue weighted by atomic mass is 19.1. The van der Waals surface area contributed by atoms with Gasteiger partial charge < -0.3 is 15.5 Å². The Balaban J connectivity index is 1.89. The maximum atomic E-state index is 13.3. The highest BCUT2D eigenvalue weighted by Crippen LogP contribution is 2.26. The number of halogens is 1. The molecule has 128 valence electrons. The van der Waals surface area contributed by atoms with Gasteiger partial charge in [0.1, 0.15) is 5.82 Å². The van der Waals surface area contributed by atoms with Gasteiger partial charge in [-0.2, -0.15) is 0 Å². The van der Waals surface area contributed by atoms with Crippen LogP contribution in [0.2, 0.25) is 0 Å². The second kappa shape index (κ2) is 7.72. The summed E-state index contributed by atoms with van der Waals surface area (Å²) in [5.41, 5.74) is 1.04. The number of aryl methyl sites for hydroxylation is 1. The number of hydrogen-bond donors (Lipinski definition) is 2. The van der Waals surface area contributed by atoms with Crippen LogP contribution in [0.3, 0.4) is 0 Å². The number of hydrogen-bond acceptors (Lipinski definition) is 3. The summed E-state index contributed by atoms with van der Waals surface area (Å²) in [4.78, 5) is 36.7. The van der Waals surface area contributed by atoms with Gasteiger partial charge in [0.2, 0.25) is 17.7 Å². The number of rotatable bonds is 6. The van der Waals surface area contributed by atoms with Gasteiger partial charge in [-0.25, -0.2) is 4.39 Å². The number of carbonyl (C=O) groups excluding carboxylic acids is 3. The van der Waals surface area contributed by atoms with Gasteiger partial charge in [0, 0.05) is 31.7 Å². The van der Waals surface area contributed by atoms with Crippen LogP contribution in [0.1, 0.15) is 12.0 Å². The number of benzene rings is 1. The molecule has 1 heterocycles. The minimum Gasteiger partial charge on any atom is -0.354 e. The lowest BCUT2D eigenvalue weighted by Gasteiger charge is -2.17. The normalized spacial score (nSPS) is 16.8. The third kappa shape index (κ3) is 4.18. The fourth-order valence-electron chi connectivity index (χ4n) is 2.52. The highest BCUT2D eigenvalue weighted by Gasteiger charge is 2.35. The van der Waals surface area contributed by atoms with Crippen LogP contribution in [0.25, 0.3) is 0 Å². The van der Waals surface area contributed by atoms with Crippen molar-refractivity contribution in [2.75, 3.05) is 24.5 Å². The van der Waals surface area contributed by atoms with Crippen molar-refractivity contribution in [3.05, 3.63) is 42.2 Å².